The van der Waals surface area contributed by atoms with E-state index in [9.17, 15) is 9.59 Å². The number of hydrogen-bond acceptors (Lipinski definition) is 4. The molecule has 6 nitrogen and oxygen atoms in total. The molecule has 1 aliphatic carbocycles. The van der Waals surface area contributed by atoms with Gasteiger partial charge in [0.2, 0.25) is 11.8 Å². The summed E-state index contributed by atoms with van der Waals surface area (Å²) in [5.41, 5.74) is 0.989. The van der Waals surface area contributed by atoms with Crippen molar-refractivity contribution < 1.29 is 9.59 Å². The molecule has 4 aliphatic rings. The summed E-state index contributed by atoms with van der Waals surface area (Å²) in [5, 5.41) is 3.62. The summed E-state index contributed by atoms with van der Waals surface area (Å²) >= 11 is 0. The fraction of sp³-hybridized carbons (Fsp3) is 0.652. The standard InChI is InChI=1S/C23H32N4O2.ClH/c28-22(20-16-17-6-4-5-9-19(17)24-20)26-14-12-25(13-15-26)21-10-11-27(23(21)29)18-7-2-1-3-8-18;/h1-3,7-8,17,19-21,24H,4-6,9-16H2;1H. The molecule has 2 amide bonds. The molecule has 4 unspecified atom stereocenters. The average molecular weight is 433 g/mol. The molecule has 3 saturated heterocycles. The van der Waals surface area contributed by atoms with Gasteiger partial charge in [-0.2, -0.15) is 0 Å². The summed E-state index contributed by atoms with van der Waals surface area (Å²) in [7, 11) is 0. The predicted octanol–water partition coefficient (Wildman–Crippen LogP) is 2.28. The van der Waals surface area contributed by atoms with E-state index in [0.717, 1.165) is 51.3 Å². The average Bonchev–Trinajstić information content (AvgIpc) is 3.37. The molecule has 30 heavy (non-hydrogen) atoms. The van der Waals surface area contributed by atoms with Gasteiger partial charge in [0.05, 0.1) is 12.1 Å². The van der Waals surface area contributed by atoms with Crippen molar-refractivity contribution in [2.75, 3.05) is 37.6 Å². The zero-order valence-corrected chi connectivity index (χ0v) is 18.4. The minimum absolute atomic E-state index is 0. The third kappa shape index (κ3) is 4.10. The summed E-state index contributed by atoms with van der Waals surface area (Å²) < 4.78 is 0. The zero-order valence-electron chi connectivity index (χ0n) is 17.5. The van der Waals surface area contributed by atoms with Crippen LogP contribution in [0.25, 0.3) is 0 Å². The number of carbonyl (C=O) groups is 2. The van der Waals surface area contributed by atoms with E-state index in [0.29, 0.717) is 12.0 Å². The van der Waals surface area contributed by atoms with Gasteiger partial charge in [0.25, 0.3) is 0 Å². The summed E-state index contributed by atoms with van der Waals surface area (Å²) in [5.74, 6) is 1.18. The van der Waals surface area contributed by atoms with Crippen molar-refractivity contribution in [1.82, 2.24) is 15.1 Å². The number of piperazine rings is 1. The lowest BCUT2D eigenvalue weighted by molar-refractivity contribution is -0.135. The van der Waals surface area contributed by atoms with Crippen molar-refractivity contribution in [3.8, 4) is 0 Å². The number of halogens is 1. The number of rotatable bonds is 3. The smallest absolute Gasteiger partial charge is 0.244 e. The maximum absolute atomic E-state index is 13.0. The number of nitrogens with one attached hydrogen (secondary N) is 1. The summed E-state index contributed by atoms with van der Waals surface area (Å²) in [6.07, 6.45) is 6.99. The highest BCUT2D eigenvalue weighted by molar-refractivity contribution is 5.99. The van der Waals surface area contributed by atoms with E-state index in [1.165, 1.54) is 25.7 Å². The van der Waals surface area contributed by atoms with E-state index in [-0.39, 0.29) is 36.3 Å². The molecule has 3 aliphatic heterocycles. The molecule has 0 spiro atoms. The second-order valence-corrected chi connectivity index (χ2v) is 9.10. The Kier molecular flexibility index (Phi) is 6.66. The molecule has 1 aromatic carbocycles. The van der Waals surface area contributed by atoms with Crippen molar-refractivity contribution in [3.05, 3.63) is 30.3 Å². The van der Waals surface area contributed by atoms with Crippen molar-refractivity contribution in [2.45, 2.75) is 56.7 Å². The Balaban J connectivity index is 0.00000218. The molecule has 4 atom stereocenters. The first-order valence-electron chi connectivity index (χ1n) is 11.4. The summed E-state index contributed by atoms with van der Waals surface area (Å²) in [6.45, 7) is 3.85. The minimum Gasteiger partial charge on any atom is -0.339 e. The maximum atomic E-state index is 13.0. The number of anilines is 1. The van der Waals surface area contributed by atoms with E-state index < -0.39 is 0 Å². The van der Waals surface area contributed by atoms with Gasteiger partial charge in [-0.1, -0.05) is 31.0 Å². The Morgan fingerprint density at radius 1 is 0.933 bits per heavy atom. The van der Waals surface area contributed by atoms with Crippen LogP contribution in [0.1, 0.15) is 38.5 Å². The third-order valence-corrected chi connectivity index (χ3v) is 7.47. The normalized spacial score (nSPS) is 32.1. The highest BCUT2D eigenvalue weighted by Gasteiger charge is 2.42. The second kappa shape index (κ2) is 9.25. The molecule has 0 aromatic heterocycles. The SMILES string of the molecule is Cl.O=C(C1CC2CCCCC2N1)N1CCN(C2CCN(c3ccccc3)C2=O)CC1. The van der Waals surface area contributed by atoms with E-state index in [1.807, 2.05) is 40.1 Å². The number of carbonyl (C=O) groups excluding carboxylic acids is 2. The highest BCUT2D eigenvalue weighted by atomic mass is 35.5. The molecule has 1 aromatic rings. The largest absolute Gasteiger partial charge is 0.339 e. The van der Waals surface area contributed by atoms with E-state index >= 15 is 0 Å². The van der Waals surface area contributed by atoms with E-state index in [4.69, 9.17) is 0 Å². The lowest BCUT2D eigenvalue weighted by Crippen LogP contribution is -2.56. The second-order valence-electron chi connectivity index (χ2n) is 9.10. The number of nitrogens with zero attached hydrogens (tertiary/aromatic N) is 3. The van der Waals surface area contributed by atoms with Gasteiger partial charge in [-0.3, -0.25) is 14.5 Å². The van der Waals surface area contributed by atoms with Gasteiger partial charge < -0.3 is 15.1 Å². The molecule has 7 heteroatoms. The van der Waals surface area contributed by atoms with Crippen LogP contribution in [-0.4, -0.2) is 72.5 Å². The van der Waals surface area contributed by atoms with Crippen LogP contribution in [0.2, 0.25) is 0 Å². The van der Waals surface area contributed by atoms with Crippen LogP contribution in [0.4, 0.5) is 5.69 Å². The fourth-order valence-corrected chi connectivity index (χ4v) is 5.85. The molecule has 3 heterocycles. The maximum Gasteiger partial charge on any atom is 0.244 e. The molecule has 4 fully saturated rings. The molecular weight excluding hydrogens is 400 g/mol. The topological polar surface area (TPSA) is 55.9 Å². The molecule has 1 N–H and O–H groups in total. The Labute approximate surface area is 185 Å². The monoisotopic (exact) mass is 432 g/mol. The van der Waals surface area contributed by atoms with Gasteiger partial charge in [-0.05, 0) is 43.7 Å². The number of fused-ring (bicyclic) bond motifs is 1. The van der Waals surface area contributed by atoms with Crippen LogP contribution in [-0.2, 0) is 9.59 Å². The fourth-order valence-electron chi connectivity index (χ4n) is 5.85. The first-order valence-corrected chi connectivity index (χ1v) is 11.4. The van der Waals surface area contributed by atoms with Crippen LogP contribution in [0, 0.1) is 5.92 Å². The van der Waals surface area contributed by atoms with Gasteiger partial charge in [-0.25, -0.2) is 0 Å². The molecule has 5 rings (SSSR count). The quantitative estimate of drug-likeness (QED) is 0.796. The van der Waals surface area contributed by atoms with Gasteiger partial charge in [0, 0.05) is 44.5 Å². The Hall–Kier alpha value is -1.63. The number of para-hydroxylation sites is 1. The van der Waals surface area contributed by atoms with Crippen molar-refractivity contribution in [2.24, 2.45) is 5.92 Å². The van der Waals surface area contributed by atoms with Gasteiger partial charge in [-0.15, -0.1) is 12.4 Å². The first-order chi connectivity index (χ1) is 14.2. The zero-order chi connectivity index (χ0) is 19.8. The number of benzene rings is 1. The van der Waals surface area contributed by atoms with Gasteiger partial charge in [0.15, 0.2) is 0 Å². The summed E-state index contributed by atoms with van der Waals surface area (Å²) in [6, 6.07) is 10.5. The van der Waals surface area contributed by atoms with Crippen LogP contribution >= 0.6 is 12.4 Å². The lowest BCUT2D eigenvalue weighted by atomic mass is 9.85. The molecule has 1 saturated carbocycles. The van der Waals surface area contributed by atoms with Crippen LogP contribution in [0.15, 0.2) is 30.3 Å². The molecular formula is C23H33ClN4O2. The van der Waals surface area contributed by atoms with E-state index in [1.54, 1.807) is 0 Å². The predicted molar refractivity (Wildman–Crippen MR) is 120 cm³/mol. The molecule has 164 valence electrons. The number of amides is 2. The first kappa shape index (κ1) is 21.6. The van der Waals surface area contributed by atoms with Gasteiger partial charge >= 0.3 is 0 Å². The minimum atomic E-state index is -0.0417. The Morgan fingerprint density at radius 2 is 1.67 bits per heavy atom. The third-order valence-electron chi connectivity index (χ3n) is 7.47. The van der Waals surface area contributed by atoms with Crippen molar-refractivity contribution >= 4 is 29.9 Å². The Morgan fingerprint density at radius 3 is 2.40 bits per heavy atom. The van der Waals surface area contributed by atoms with Crippen LogP contribution in [0.5, 0.6) is 0 Å². The van der Waals surface area contributed by atoms with E-state index in [2.05, 4.69) is 10.2 Å². The van der Waals surface area contributed by atoms with Gasteiger partial charge in [0.1, 0.15) is 0 Å². The Bertz CT molecular complexity index is 739. The van der Waals surface area contributed by atoms with Crippen LogP contribution < -0.4 is 10.2 Å². The van der Waals surface area contributed by atoms with Crippen LogP contribution in [0.3, 0.4) is 0 Å². The van der Waals surface area contributed by atoms with Crippen molar-refractivity contribution in [3.63, 3.8) is 0 Å². The molecule has 0 bridgehead atoms. The van der Waals surface area contributed by atoms with Crippen molar-refractivity contribution in [1.29, 1.82) is 0 Å². The number of hydrogen-bond donors (Lipinski definition) is 1. The highest BCUT2D eigenvalue weighted by Crippen LogP contribution is 2.34. The molecule has 0 radical (unpaired) electrons. The summed E-state index contributed by atoms with van der Waals surface area (Å²) in [4.78, 5) is 32.2. The lowest BCUT2D eigenvalue weighted by Gasteiger charge is -2.38.